The molecule has 0 saturated carbocycles. The summed E-state index contributed by atoms with van der Waals surface area (Å²) in [5, 5.41) is 0. The summed E-state index contributed by atoms with van der Waals surface area (Å²) in [6.45, 7) is 4.91. The Morgan fingerprint density at radius 2 is 1.04 bits per heavy atom. The van der Waals surface area contributed by atoms with E-state index in [1.807, 2.05) is 0 Å². The van der Waals surface area contributed by atoms with Gasteiger partial charge in [0.1, 0.15) is 6.67 Å². The Morgan fingerprint density at radius 3 is 1.43 bits per heavy atom. The van der Waals surface area contributed by atoms with Crippen molar-refractivity contribution in [2.45, 2.75) is 13.8 Å². The van der Waals surface area contributed by atoms with E-state index in [2.05, 4.69) is 82.1 Å². The molecular formula is C19H18N4. The van der Waals surface area contributed by atoms with Gasteiger partial charge in [-0.3, -0.25) is 0 Å². The van der Waals surface area contributed by atoms with Gasteiger partial charge < -0.3 is 9.80 Å². The lowest BCUT2D eigenvalue weighted by Gasteiger charge is -2.21. The molecule has 4 nitrogen and oxygen atoms in total. The minimum absolute atomic E-state index is 0.714. The lowest BCUT2D eigenvalue weighted by atomic mass is 10.2. The van der Waals surface area contributed by atoms with Gasteiger partial charge in [0.25, 0.3) is 0 Å². The first kappa shape index (κ1) is 13.8. The Labute approximate surface area is 136 Å². The lowest BCUT2D eigenvalue weighted by Crippen LogP contribution is -2.24. The number of aromatic nitrogens is 2. The van der Waals surface area contributed by atoms with Crippen LogP contribution in [0.25, 0.3) is 0 Å². The van der Waals surface area contributed by atoms with Crippen molar-refractivity contribution in [1.29, 1.82) is 0 Å². The Balaban J connectivity index is 1.77. The van der Waals surface area contributed by atoms with E-state index in [0.29, 0.717) is 6.67 Å². The first-order valence-electron chi connectivity index (χ1n) is 7.72. The molecule has 0 unspecified atom stereocenters. The van der Waals surface area contributed by atoms with Crippen molar-refractivity contribution in [2.24, 2.45) is 0 Å². The number of nitrogens with zero attached hydrogens (tertiary/aromatic N) is 4. The number of hydrogen-bond donors (Lipinski definition) is 0. The van der Waals surface area contributed by atoms with Gasteiger partial charge in [-0.15, -0.1) is 0 Å². The van der Waals surface area contributed by atoms with Gasteiger partial charge in [0.15, 0.2) is 11.6 Å². The first-order chi connectivity index (χ1) is 11.2. The average molecular weight is 302 g/mol. The maximum absolute atomic E-state index is 4.55. The van der Waals surface area contributed by atoms with Crippen molar-refractivity contribution in [3.63, 3.8) is 0 Å². The van der Waals surface area contributed by atoms with Crippen LogP contribution in [0.5, 0.6) is 0 Å². The predicted molar refractivity (Wildman–Crippen MR) is 93.5 cm³/mol. The predicted octanol–water partition coefficient (Wildman–Crippen LogP) is 4.34. The second kappa shape index (κ2) is 5.39. The zero-order valence-corrected chi connectivity index (χ0v) is 13.3. The molecule has 3 aromatic rings. The van der Waals surface area contributed by atoms with Gasteiger partial charge in [-0.25, -0.2) is 9.97 Å². The van der Waals surface area contributed by atoms with Crippen molar-refractivity contribution < 1.29 is 0 Å². The smallest absolute Gasteiger partial charge is 0.178 e. The molecule has 1 aliphatic rings. The molecule has 2 heterocycles. The molecule has 0 radical (unpaired) electrons. The largest absolute Gasteiger partial charge is 0.305 e. The fourth-order valence-electron chi connectivity index (χ4n) is 2.84. The first-order valence-corrected chi connectivity index (χ1v) is 7.72. The standard InChI is InChI=1S/C19H18N4/c1-14-3-7-16(8-4-14)22-13-23(17-9-5-15(2)6-10-17)19-18(22)20-11-12-21-19/h3-12H,13H2,1-2H3. The molecule has 114 valence electrons. The summed E-state index contributed by atoms with van der Waals surface area (Å²) in [6, 6.07) is 17.0. The van der Waals surface area contributed by atoms with Crippen LogP contribution in [-0.2, 0) is 0 Å². The van der Waals surface area contributed by atoms with Crippen molar-refractivity contribution in [3.05, 3.63) is 72.1 Å². The number of anilines is 4. The molecule has 0 fully saturated rings. The SMILES string of the molecule is Cc1ccc(N2CN(c3ccc(C)cc3)c3nccnc32)cc1. The third-order valence-electron chi connectivity index (χ3n) is 4.15. The molecule has 4 rings (SSSR count). The van der Waals surface area contributed by atoms with Gasteiger partial charge in [-0.05, 0) is 38.1 Å². The number of rotatable bonds is 2. The third kappa shape index (κ3) is 2.42. The van der Waals surface area contributed by atoms with Crippen LogP contribution in [0.15, 0.2) is 60.9 Å². The molecular weight excluding hydrogens is 284 g/mol. The van der Waals surface area contributed by atoms with Crippen LogP contribution in [0.2, 0.25) is 0 Å². The Bertz CT molecular complexity index is 754. The Hall–Kier alpha value is -2.88. The van der Waals surface area contributed by atoms with Crippen molar-refractivity contribution >= 4 is 23.0 Å². The topological polar surface area (TPSA) is 32.3 Å². The summed E-state index contributed by atoms with van der Waals surface area (Å²) in [6.07, 6.45) is 3.50. The second-order valence-corrected chi connectivity index (χ2v) is 5.87. The summed E-state index contributed by atoms with van der Waals surface area (Å²) in [4.78, 5) is 13.5. The van der Waals surface area contributed by atoms with Crippen LogP contribution < -0.4 is 9.80 Å². The van der Waals surface area contributed by atoms with Crippen LogP contribution in [-0.4, -0.2) is 16.6 Å². The molecule has 0 amide bonds. The Kier molecular flexibility index (Phi) is 3.23. The summed E-state index contributed by atoms with van der Waals surface area (Å²) in [7, 11) is 0. The minimum Gasteiger partial charge on any atom is -0.305 e. The van der Waals surface area contributed by atoms with Crippen molar-refractivity contribution in [1.82, 2.24) is 9.97 Å². The zero-order chi connectivity index (χ0) is 15.8. The molecule has 1 aliphatic heterocycles. The third-order valence-corrected chi connectivity index (χ3v) is 4.15. The van der Waals surface area contributed by atoms with E-state index in [0.717, 1.165) is 23.0 Å². The molecule has 2 aromatic carbocycles. The van der Waals surface area contributed by atoms with Crippen LogP contribution in [0, 0.1) is 13.8 Å². The molecule has 0 saturated heterocycles. The highest BCUT2D eigenvalue weighted by Crippen LogP contribution is 2.40. The molecule has 0 bridgehead atoms. The fraction of sp³-hybridized carbons (Fsp3) is 0.158. The molecule has 23 heavy (non-hydrogen) atoms. The number of hydrogen-bond acceptors (Lipinski definition) is 4. The highest BCUT2D eigenvalue weighted by atomic mass is 15.4. The molecule has 0 spiro atoms. The number of aryl methyl sites for hydroxylation is 2. The van der Waals surface area contributed by atoms with Gasteiger partial charge in [0.2, 0.25) is 0 Å². The number of fused-ring (bicyclic) bond motifs is 1. The highest BCUT2D eigenvalue weighted by Gasteiger charge is 2.30. The van der Waals surface area contributed by atoms with Crippen LogP contribution in [0.1, 0.15) is 11.1 Å². The molecule has 4 heteroatoms. The highest BCUT2D eigenvalue weighted by molar-refractivity contribution is 5.81. The Morgan fingerprint density at radius 1 is 0.652 bits per heavy atom. The minimum atomic E-state index is 0.714. The van der Waals surface area contributed by atoms with E-state index in [4.69, 9.17) is 0 Å². The molecule has 0 aliphatic carbocycles. The van der Waals surface area contributed by atoms with Gasteiger partial charge in [0, 0.05) is 23.8 Å². The normalized spacial score (nSPS) is 13.3. The van der Waals surface area contributed by atoms with E-state index in [-0.39, 0.29) is 0 Å². The summed E-state index contributed by atoms with van der Waals surface area (Å²) < 4.78 is 0. The molecule has 0 N–H and O–H groups in total. The summed E-state index contributed by atoms with van der Waals surface area (Å²) in [5.74, 6) is 1.80. The van der Waals surface area contributed by atoms with Crippen molar-refractivity contribution in [3.8, 4) is 0 Å². The van der Waals surface area contributed by atoms with Crippen LogP contribution in [0.3, 0.4) is 0 Å². The zero-order valence-electron chi connectivity index (χ0n) is 13.3. The molecule has 1 aromatic heterocycles. The average Bonchev–Trinajstić information content (AvgIpc) is 2.96. The van der Waals surface area contributed by atoms with Gasteiger partial charge in [-0.2, -0.15) is 0 Å². The summed E-state index contributed by atoms with van der Waals surface area (Å²) in [5.41, 5.74) is 4.77. The van der Waals surface area contributed by atoms with E-state index in [1.165, 1.54) is 11.1 Å². The van der Waals surface area contributed by atoms with E-state index >= 15 is 0 Å². The van der Waals surface area contributed by atoms with Crippen LogP contribution >= 0.6 is 0 Å². The van der Waals surface area contributed by atoms with Crippen molar-refractivity contribution in [2.75, 3.05) is 16.5 Å². The van der Waals surface area contributed by atoms with E-state index in [1.54, 1.807) is 12.4 Å². The van der Waals surface area contributed by atoms with Crippen LogP contribution in [0.4, 0.5) is 23.0 Å². The fourth-order valence-corrected chi connectivity index (χ4v) is 2.84. The number of benzene rings is 2. The van der Waals surface area contributed by atoms with Gasteiger partial charge in [0.05, 0.1) is 0 Å². The molecule has 0 atom stereocenters. The van der Waals surface area contributed by atoms with Gasteiger partial charge >= 0.3 is 0 Å². The van der Waals surface area contributed by atoms with Gasteiger partial charge in [-0.1, -0.05) is 35.4 Å². The maximum Gasteiger partial charge on any atom is 0.178 e. The van der Waals surface area contributed by atoms with E-state index < -0.39 is 0 Å². The summed E-state index contributed by atoms with van der Waals surface area (Å²) >= 11 is 0. The second-order valence-electron chi connectivity index (χ2n) is 5.87. The van der Waals surface area contributed by atoms with E-state index in [9.17, 15) is 0 Å². The monoisotopic (exact) mass is 302 g/mol. The lowest BCUT2D eigenvalue weighted by molar-refractivity contribution is 0.975. The quantitative estimate of drug-likeness (QED) is 0.705. The maximum atomic E-state index is 4.55.